The second-order valence-corrected chi connectivity index (χ2v) is 14.5. The Morgan fingerprint density at radius 3 is 2.19 bits per heavy atom. The summed E-state index contributed by atoms with van der Waals surface area (Å²) in [6, 6.07) is 0. The molecule has 5 aliphatic rings. The average molecular weight is 427 g/mol. The van der Waals surface area contributed by atoms with Crippen LogP contribution in [0.2, 0.25) is 0 Å². The molecule has 0 radical (unpaired) electrons. The lowest BCUT2D eigenvalue weighted by molar-refractivity contribution is -0.246. The van der Waals surface area contributed by atoms with Crippen LogP contribution >= 0.6 is 0 Å². The molecule has 176 valence electrons. The molecule has 31 heavy (non-hydrogen) atoms. The van der Waals surface area contributed by atoms with Crippen LogP contribution in [0.25, 0.3) is 0 Å². The fourth-order valence-electron chi connectivity index (χ4n) is 11.4. The highest BCUT2D eigenvalue weighted by atomic mass is 16.3. The lowest BCUT2D eigenvalue weighted by Gasteiger charge is -2.73. The number of aliphatic hydroxyl groups excluding tert-OH is 1. The van der Waals surface area contributed by atoms with E-state index < -0.39 is 0 Å². The average Bonchev–Trinajstić information content (AvgIpc) is 2.69. The van der Waals surface area contributed by atoms with Crippen LogP contribution in [0, 0.1) is 63.1 Å². The fraction of sp³-hybridized carbons (Fsp3) is 0.933. The maximum atomic E-state index is 10.9. The third-order valence-corrected chi connectivity index (χ3v) is 13.4. The van der Waals surface area contributed by atoms with Gasteiger partial charge in [-0.1, -0.05) is 60.6 Å². The molecule has 0 unspecified atom stereocenters. The minimum absolute atomic E-state index is 0.0643. The van der Waals surface area contributed by atoms with Crippen LogP contribution in [-0.4, -0.2) is 11.2 Å². The van der Waals surface area contributed by atoms with Gasteiger partial charge in [0.15, 0.2) is 0 Å². The van der Waals surface area contributed by atoms with E-state index >= 15 is 0 Å². The molecule has 0 bridgehead atoms. The molecule has 5 fully saturated rings. The van der Waals surface area contributed by atoms with E-state index in [1.807, 2.05) is 0 Å². The molecule has 1 N–H and O–H groups in total. The van der Waals surface area contributed by atoms with E-state index in [0.717, 1.165) is 36.0 Å². The second kappa shape index (κ2) is 6.86. The summed E-state index contributed by atoms with van der Waals surface area (Å²) < 4.78 is 0. The second-order valence-electron chi connectivity index (χ2n) is 14.5. The molecular weight excluding hydrogens is 376 g/mol. The van der Waals surface area contributed by atoms with Gasteiger partial charge in [-0.2, -0.15) is 0 Å². The lowest BCUT2D eigenvalue weighted by atomic mass is 9.32. The number of hydrogen-bond donors (Lipinski definition) is 1. The molecule has 11 atom stereocenters. The largest absolute Gasteiger partial charge is 0.393 e. The van der Waals surface area contributed by atoms with Crippen molar-refractivity contribution in [3.8, 4) is 0 Å². The van der Waals surface area contributed by atoms with E-state index in [1.54, 1.807) is 5.57 Å². The van der Waals surface area contributed by atoms with Gasteiger partial charge in [-0.3, -0.25) is 0 Å². The van der Waals surface area contributed by atoms with Gasteiger partial charge < -0.3 is 5.11 Å². The Morgan fingerprint density at radius 1 is 0.806 bits per heavy atom. The van der Waals surface area contributed by atoms with Crippen LogP contribution in [0.3, 0.4) is 0 Å². The van der Waals surface area contributed by atoms with Crippen molar-refractivity contribution < 1.29 is 5.11 Å². The van der Waals surface area contributed by atoms with E-state index in [-0.39, 0.29) is 11.5 Å². The molecule has 0 heterocycles. The van der Waals surface area contributed by atoms with Crippen LogP contribution in [0.5, 0.6) is 0 Å². The fourth-order valence-corrected chi connectivity index (χ4v) is 11.4. The van der Waals surface area contributed by atoms with Crippen molar-refractivity contribution in [3.05, 3.63) is 12.2 Å². The molecule has 0 amide bonds. The van der Waals surface area contributed by atoms with Gasteiger partial charge in [0.1, 0.15) is 0 Å². The van der Waals surface area contributed by atoms with Crippen molar-refractivity contribution in [2.24, 2.45) is 63.1 Å². The van der Waals surface area contributed by atoms with E-state index in [1.165, 1.54) is 51.4 Å². The van der Waals surface area contributed by atoms with Crippen molar-refractivity contribution in [1.29, 1.82) is 0 Å². The summed E-state index contributed by atoms with van der Waals surface area (Å²) in [7, 11) is 0. The molecule has 5 rings (SSSR count). The van der Waals surface area contributed by atoms with E-state index in [0.29, 0.717) is 28.1 Å². The normalized spacial score (nSPS) is 58.5. The number of hydrogen-bond acceptors (Lipinski definition) is 1. The summed E-state index contributed by atoms with van der Waals surface area (Å²) in [5.74, 6) is 5.70. The summed E-state index contributed by atoms with van der Waals surface area (Å²) in [6.07, 6.45) is 11.8. The van der Waals surface area contributed by atoms with Crippen LogP contribution in [0.4, 0.5) is 0 Å². The Bertz CT molecular complexity index is 752. The van der Waals surface area contributed by atoms with Gasteiger partial charge >= 0.3 is 0 Å². The van der Waals surface area contributed by atoms with Crippen molar-refractivity contribution in [2.75, 3.05) is 0 Å². The minimum Gasteiger partial charge on any atom is -0.393 e. The highest BCUT2D eigenvalue weighted by Gasteiger charge is 2.68. The van der Waals surface area contributed by atoms with Gasteiger partial charge in [0.2, 0.25) is 0 Å². The van der Waals surface area contributed by atoms with Gasteiger partial charge in [0, 0.05) is 0 Å². The molecule has 5 saturated carbocycles. The van der Waals surface area contributed by atoms with Crippen molar-refractivity contribution >= 4 is 0 Å². The molecule has 0 spiro atoms. The van der Waals surface area contributed by atoms with Gasteiger partial charge in [-0.25, -0.2) is 0 Å². The van der Waals surface area contributed by atoms with Crippen molar-refractivity contribution in [2.45, 2.75) is 112 Å². The van der Waals surface area contributed by atoms with Gasteiger partial charge in [-0.15, -0.1) is 0 Å². The summed E-state index contributed by atoms with van der Waals surface area (Å²) >= 11 is 0. The van der Waals surface area contributed by atoms with Gasteiger partial charge in [0.05, 0.1) is 6.10 Å². The molecule has 0 aromatic carbocycles. The summed E-state index contributed by atoms with van der Waals surface area (Å²) in [6.45, 7) is 22.5. The first-order chi connectivity index (χ1) is 14.4. The third kappa shape index (κ3) is 2.71. The highest BCUT2D eigenvalue weighted by molar-refractivity contribution is 5.20. The molecular formula is C30H50O. The molecule has 0 aliphatic heterocycles. The maximum Gasteiger partial charge on any atom is 0.0594 e. The lowest BCUT2D eigenvalue weighted by Crippen LogP contribution is -2.66. The van der Waals surface area contributed by atoms with Crippen LogP contribution in [0.15, 0.2) is 12.2 Å². The van der Waals surface area contributed by atoms with Crippen LogP contribution < -0.4 is 0 Å². The van der Waals surface area contributed by atoms with Crippen LogP contribution in [0.1, 0.15) is 106 Å². The zero-order chi connectivity index (χ0) is 22.6. The molecule has 1 heteroatoms. The first-order valence-corrected chi connectivity index (χ1v) is 13.7. The smallest absolute Gasteiger partial charge is 0.0594 e. The van der Waals surface area contributed by atoms with Crippen molar-refractivity contribution in [3.63, 3.8) is 0 Å². The van der Waals surface area contributed by atoms with Crippen LogP contribution in [-0.2, 0) is 0 Å². The van der Waals surface area contributed by atoms with E-state index in [2.05, 4.69) is 55.0 Å². The first-order valence-electron chi connectivity index (χ1n) is 13.7. The monoisotopic (exact) mass is 426 g/mol. The zero-order valence-corrected chi connectivity index (χ0v) is 21.6. The SMILES string of the molecule is C=C1C[C@@H](C)[C@H]2CC[C@]3(C)[C@@H](CC[C@H]4[C@@]5(C)CC[C@H](O)C(C)(C)[C@@H]5CC[C@]43C)[C@H]2[C@@H]1C. The molecule has 0 saturated heterocycles. The van der Waals surface area contributed by atoms with E-state index in [9.17, 15) is 5.11 Å². The Hall–Kier alpha value is -0.300. The first kappa shape index (κ1) is 22.5. The summed E-state index contributed by atoms with van der Waals surface area (Å²) in [5, 5.41) is 10.9. The number of rotatable bonds is 0. The zero-order valence-electron chi connectivity index (χ0n) is 21.6. The number of aliphatic hydroxyl groups is 1. The van der Waals surface area contributed by atoms with E-state index in [4.69, 9.17) is 0 Å². The predicted molar refractivity (Wildman–Crippen MR) is 131 cm³/mol. The van der Waals surface area contributed by atoms with Crippen molar-refractivity contribution in [1.82, 2.24) is 0 Å². The van der Waals surface area contributed by atoms with Gasteiger partial charge in [0.25, 0.3) is 0 Å². The number of allylic oxidation sites excluding steroid dienone is 1. The predicted octanol–water partition coefficient (Wildman–Crippen LogP) is 7.88. The third-order valence-electron chi connectivity index (χ3n) is 13.4. The minimum atomic E-state index is -0.118. The Balaban J connectivity index is 1.53. The number of fused-ring (bicyclic) bond motifs is 7. The standard InChI is InChI=1S/C30H50O/c1-18-17-19(2)21-11-15-29(7)22(26(21)20(18)3)9-10-24-28(6)14-13-25(31)27(4,5)23(28)12-16-30(24,29)8/h19-26,31H,1,9-17H2,2-8H3/t19-,20-,21-,22+,23+,24+,25+,26+,28+,29-,30-/m1/s1. The molecule has 0 aromatic rings. The Labute approximate surface area is 192 Å². The quantitative estimate of drug-likeness (QED) is 0.390. The summed E-state index contributed by atoms with van der Waals surface area (Å²) in [5.41, 5.74) is 2.93. The Morgan fingerprint density at radius 2 is 1.48 bits per heavy atom. The Kier molecular flexibility index (Phi) is 4.98. The maximum absolute atomic E-state index is 10.9. The topological polar surface area (TPSA) is 20.2 Å². The molecule has 1 nitrogen and oxygen atoms in total. The highest BCUT2D eigenvalue weighted by Crippen LogP contribution is 2.75. The van der Waals surface area contributed by atoms with Gasteiger partial charge in [-0.05, 0) is 121 Å². The summed E-state index contributed by atoms with van der Waals surface area (Å²) in [4.78, 5) is 0. The molecule has 5 aliphatic carbocycles. The molecule has 0 aromatic heterocycles.